The van der Waals surface area contributed by atoms with Crippen molar-refractivity contribution < 1.29 is 9.53 Å². The average molecular weight is 360 g/mol. The number of ether oxygens (including phenoxy) is 1. The SMILES string of the molecule is CCCN1CCC(N2C[C@@H](NC(C)=O)[C@H](c3ccc(OC)cc3)C2)CC1. The summed E-state index contributed by atoms with van der Waals surface area (Å²) in [4.78, 5) is 16.9. The highest BCUT2D eigenvalue weighted by Gasteiger charge is 2.38. The molecule has 0 aromatic heterocycles. The number of hydrogen-bond donors (Lipinski definition) is 1. The van der Waals surface area contributed by atoms with Gasteiger partial charge in [-0.1, -0.05) is 19.1 Å². The van der Waals surface area contributed by atoms with E-state index < -0.39 is 0 Å². The van der Waals surface area contributed by atoms with Gasteiger partial charge in [0.1, 0.15) is 5.75 Å². The van der Waals surface area contributed by atoms with Crippen LogP contribution in [0.2, 0.25) is 0 Å². The molecule has 144 valence electrons. The first-order valence-corrected chi connectivity index (χ1v) is 9.98. The van der Waals surface area contributed by atoms with E-state index in [1.807, 2.05) is 12.1 Å². The van der Waals surface area contributed by atoms with E-state index >= 15 is 0 Å². The monoisotopic (exact) mass is 359 g/mol. The maximum atomic E-state index is 11.7. The zero-order chi connectivity index (χ0) is 18.5. The third-order valence-electron chi connectivity index (χ3n) is 5.89. The molecule has 0 saturated carbocycles. The normalized spacial score (nSPS) is 25.3. The first-order valence-electron chi connectivity index (χ1n) is 9.98. The summed E-state index contributed by atoms with van der Waals surface area (Å²) in [6, 6.07) is 9.16. The number of likely N-dealkylation sites (tertiary alicyclic amines) is 2. The van der Waals surface area contributed by atoms with Crippen LogP contribution in [0.1, 0.15) is 44.6 Å². The number of nitrogens with one attached hydrogen (secondary N) is 1. The van der Waals surface area contributed by atoms with E-state index in [2.05, 4.69) is 34.2 Å². The van der Waals surface area contributed by atoms with Crippen molar-refractivity contribution in [2.75, 3.05) is 39.8 Å². The average Bonchev–Trinajstić information content (AvgIpc) is 3.06. The topological polar surface area (TPSA) is 44.8 Å². The molecular formula is C21H33N3O2. The molecule has 2 aliphatic rings. The van der Waals surface area contributed by atoms with Crippen LogP contribution < -0.4 is 10.1 Å². The van der Waals surface area contributed by atoms with Gasteiger partial charge >= 0.3 is 0 Å². The smallest absolute Gasteiger partial charge is 0.217 e. The van der Waals surface area contributed by atoms with Gasteiger partial charge in [-0.3, -0.25) is 9.69 Å². The number of amides is 1. The molecule has 2 saturated heterocycles. The fourth-order valence-corrected chi connectivity index (χ4v) is 4.55. The molecule has 3 rings (SSSR count). The second-order valence-corrected chi connectivity index (χ2v) is 7.71. The Morgan fingerprint density at radius 2 is 1.88 bits per heavy atom. The Balaban J connectivity index is 1.67. The third-order valence-corrected chi connectivity index (χ3v) is 5.89. The number of nitrogens with zero attached hydrogens (tertiary/aromatic N) is 2. The number of hydrogen-bond acceptors (Lipinski definition) is 4. The van der Waals surface area contributed by atoms with Gasteiger partial charge in [-0.25, -0.2) is 0 Å². The van der Waals surface area contributed by atoms with Gasteiger partial charge in [0.15, 0.2) is 0 Å². The molecule has 0 aliphatic carbocycles. The summed E-state index contributed by atoms with van der Waals surface area (Å²) in [6.07, 6.45) is 3.71. The molecule has 1 aromatic rings. The van der Waals surface area contributed by atoms with Crippen LogP contribution in [0.15, 0.2) is 24.3 Å². The van der Waals surface area contributed by atoms with Gasteiger partial charge in [0, 0.05) is 38.0 Å². The predicted octanol–water partition coefficient (Wildman–Crippen LogP) is 2.47. The molecule has 2 atom stereocenters. The molecular weight excluding hydrogens is 326 g/mol. The van der Waals surface area contributed by atoms with Gasteiger partial charge in [0.05, 0.1) is 7.11 Å². The Hall–Kier alpha value is -1.59. The highest BCUT2D eigenvalue weighted by Crippen LogP contribution is 2.32. The van der Waals surface area contributed by atoms with Crippen LogP contribution in [0.3, 0.4) is 0 Å². The largest absolute Gasteiger partial charge is 0.497 e. The molecule has 1 aromatic carbocycles. The summed E-state index contributed by atoms with van der Waals surface area (Å²) in [5.41, 5.74) is 1.29. The lowest BCUT2D eigenvalue weighted by Gasteiger charge is -2.36. The highest BCUT2D eigenvalue weighted by molar-refractivity contribution is 5.73. The zero-order valence-electron chi connectivity index (χ0n) is 16.4. The second kappa shape index (κ2) is 8.87. The molecule has 2 heterocycles. The number of methoxy groups -OCH3 is 1. The van der Waals surface area contributed by atoms with Gasteiger partial charge in [0.2, 0.25) is 5.91 Å². The van der Waals surface area contributed by atoms with Crippen LogP contribution in [-0.4, -0.2) is 67.6 Å². The minimum absolute atomic E-state index is 0.0631. The van der Waals surface area contributed by atoms with Gasteiger partial charge < -0.3 is 15.0 Å². The third kappa shape index (κ3) is 4.57. The molecule has 5 heteroatoms. The molecule has 0 bridgehead atoms. The van der Waals surface area contributed by atoms with E-state index in [1.165, 1.54) is 44.5 Å². The van der Waals surface area contributed by atoms with Gasteiger partial charge in [-0.05, 0) is 56.6 Å². The van der Waals surface area contributed by atoms with Crippen molar-refractivity contribution >= 4 is 5.91 Å². The van der Waals surface area contributed by atoms with Crippen molar-refractivity contribution in [2.45, 2.75) is 51.1 Å². The molecule has 0 spiro atoms. The van der Waals surface area contributed by atoms with E-state index in [0.29, 0.717) is 12.0 Å². The number of piperidine rings is 1. The van der Waals surface area contributed by atoms with Crippen LogP contribution >= 0.6 is 0 Å². The zero-order valence-corrected chi connectivity index (χ0v) is 16.4. The summed E-state index contributed by atoms with van der Waals surface area (Å²) in [5.74, 6) is 1.29. The van der Waals surface area contributed by atoms with Crippen molar-refractivity contribution in [3.8, 4) is 5.75 Å². The Labute approximate surface area is 157 Å². The quantitative estimate of drug-likeness (QED) is 0.848. The predicted molar refractivity (Wildman–Crippen MR) is 105 cm³/mol. The number of carbonyl (C=O) groups excluding carboxylic acids is 1. The Kier molecular flexibility index (Phi) is 6.54. The van der Waals surface area contributed by atoms with Gasteiger partial charge in [-0.15, -0.1) is 0 Å². The maximum Gasteiger partial charge on any atom is 0.217 e. The lowest BCUT2D eigenvalue weighted by atomic mass is 9.94. The highest BCUT2D eigenvalue weighted by atomic mass is 16.5. The van der Waals surface area contributed by atoms with E-state index in [1.54, 1.807) is 14.0 Å². The van der Waals surface area contributed by atoms with Crippen molar-refractivity contribution in [1.82, 2.24) is 15.1 Å². The molecule has 1 amide bonds. The molecule has 2 aliphatic heterocycles. The summed E-state index contributed by atoms with van der Waals surface area (Å²) >= 11 is 0. The lowest BCUT2D eigenvalue weighted by molar-refractivity contribution is -0.119. The van der Waals surface area contributed by atoms with E-state index in [0.717, 1.165) is 18.8 Å². The standard InChI is InChI=1S/C21H33N3O2/c1-4-11-23-12-9-18(10-13-23)24-14-20(21(15-24)22-16(2)25)17-5-7-19(26-3)8-6-17/h5-8,18,20-21H,4,9-15H2,1-3H3,(H,22,25)/t20-,21+/m0/s1. The van der Waals surface area contributed by atoms with Crippen molar-refractivity contribution in [2.24, 2.45) is 0 Å². The first-order chi connectivity index (χ1) is 12.6. The second-order valence-electron chi connectivity index (χ2n) is 7.71. The van der Waals surface area contributed by atoms with Crippen molar-refractivity contribution in [1.29, 1.82) is 0 Å². The molecule has 5 nitrogen and oxygen atoms in total. The Bertz CT molecular complexity index is 581. The summed E-state index contributed by atoms with van der Waals surface area (Å²) in [7, 11) is 1.69. The fraction of sp³-hybridized carbons (Fsp3) is 0.667. The molecule has 26 heavy (non-hydrogen) atoms. The van der Waals surface area contributed by atoms with E-state index in [9.17, 15) is 4.79 Å². The molecule has 1 N–H and O–H groups in total. The Morgan fingerprint density at radius 1 is 1.19 bits per heavy atom. The van der Waals surface area contributed by atoms with Crippen LogP contribution in [0.4, 0.5) is 0 Å². The molecule has 2 fully saturated rings. The van der Waals surface area contributed by atoms with Crippen LogP contribution in [0, 0.1) is 0 Å². The van der Waals surface area contributed by atoms with E-state index in [4.69, 9.17) is 4.74 Å². The number of benzene rings is 1. The minimum atomic E-state index is 0.0631. The van der Waals surface area contributed by atoms with Gasteiger partial charge in [-0.2, -0.15) is 0 Å². The van der Waals surface area contributed by atoms with Crippen LogP contribution in [0.5, 0.6) is 5.75 Å². The van der Waals surface area contributed by atoms with Gasteiger partial charge in [0.25, 0.3) is 0 Å². The van der Waals surface area contributed by atoms with Crippen LogP contribution in [0.25, 0.3) is 0 Å². The molecule has 0 unspecified atom stereocenters. The summed E-state index contributed by atoms with van der Waals surface area (Å²) in [5, 5.41) is 3.19. The maximum absolute atomic E-state index is 11.7. The summed E-state index contributed by atoms with van der Waals surface area (Å²) < 4.78 is 5.28. The fourth-order valence-electron chi connectivity index (χ4n) is 4.55. The number of rotatable bonds is 6. The Morgan fingerprint density at radius 3 is 2.46 bits per heavy atom. The first kappa shape index (κ1) is 19.2. The number of carbonyl (C=O) groups is 1. The van der Waals surface area contributed by atoms with E-state index in [-0.39, 0.29) is 11.9 Å². The van der Waals surface area contributed by atoms with Crippen molar-refractivity contribution in [3.05, 3.63) is 29.8 Å². The lowest BCUT2D eigenvalue weighted by Crippen LogP contribution is -2.45. The summed E-state index contributed by atoms with van der Waals surface area (Å²) in [6.45, 7) is 9.47. The van der Waals surface area contributed by atoms with Crippen molar-refractivity contribution in [3.63, 3.8) is 0 Å². The molecule has 0 radical (unpaired) electrons. The minimum Gasteiger partial charge on any atom is -0.497 e. The van der Waals surface area contributed by atoms with Crippen LogP contribution in [-0.2, 0) is 4.79 Å².